The average Bonchev–Trinajstić information content (AvgIpc) is 1.65. The molecule has 0 rings (SSSR count). The third-order valence-electron chi connectivity index (χ3n) is 0.393. The van der Waals surface area contributed by atoms with Crippen LogP contribution >= 0.6 is 0 Å². The fourth-order valence-electron chi connectivity index (χ4n) is 0.154. The van der Waals surface area contributed by atoms with Crippen molar-refractivity contribution in [3.8, 4) is 0 Å². The van der Waals surface area contributed by atoms with Crippen molar-refractivity contribution in [2.75, 3.05) is 6.61 Å². The molecule has 0 aliphatic heterocycles. The van der Waals surface area contributed by atoms with E-state index in [0.29, 0.717) is 0 Å². The second-order valence-corrected chi connectivity index (χ2v) is 1.79. The predicted octanol–water partition coefficient (Wildman–Crippen LogP) is -2.28. The Labute approximate surface area is 47.1 Å². The van der Waals surface area contributed by atoms with Gasteiger partial charge in [-0.25, -0.2) is 0 Å². The molecule has 0 saturated carbocycles. The van der Waals surface area contributed by atoms with Crippen molar-refractivity contribution in [2.45, 2.75) is 6.29 Å². The Balaban J connectivity index is 3.24. The first-order valence-corrected chi connectivity index (χ1v) is 3.11. The van der Waals surface area contributed by atoms with E-state index < -0.39 is 22.1 Å². The molecule has 0 amide bonds. The van der Waals surface area contributed by atoms with Gasteiger partial charge in [-0.3, -0.25) is 4.46 Å². The Kier molecular flexibility index (Phi) is 3.32. The number of rotatable bonds is 3. The molecule has 0 aliphatic carbocycles. The Hall–Kier alpha value is -0.463. The summed E-state index contributed by atoms with van der Waals surface area (Å²) in [5.74, 6) is 0. The zero-order valence-electron chi connectivity index (χ0n) is 3.94. The molecule has 48 valence electrons. The third-order valence-corrected chi connectivity index (χ3v) is 0.867. The molecule has 0 heterocycles. The minimum Gasteiger partial charge on any atom is -0.511 e. The van der Waals surface area contributed by atoms with E-state index in [1.807, 2.05) is 0 Å². The van der Waals surface area contributed by atoms with Crippen LogP contribution in [0.1, 0.15) is 0 Å². The van der Waals surface area contributed by atoms with E-state index in [2.05, 4.69) is 4.43 Å². The first-order chi connectivity index (χ1) is 3.66. The molecule has 0 bridgehead atoms. The van der Waals surface area contributed by atoms with Crippen LogP contribution in [0.25, 0.3) is 0 Å². The van der Waals surface area contributed by atoms with Gasteiger partial charge in [0.15, 0.2) is 0 Å². The Morgan fingerprint density at radius 2 is 2.25 bits per heavy atom. The van der Waals surface area contributed by atoms with Gasteiger partial charge in [-0.15, -0.1) is 0 Å². The molecule has 5 nitrogen and oxygen atoms in total. The van der Waals surface area contributed by atoms with E-state index in [9.17, 15) is 4.46 Å². The van der Waals surface area contributed by atoms with Gasteiger partial charge in [0.25, 0.3) is 0 Å². The summed E-state index contributed by atoms with van der Waals surface area (Å²) in [7, 11) is -3.11. The van der Waals surface area contributed by atoms with Crippen molar-refractivity contribution in [3.63, 3.8) is 0 Å². The summed E-state index contributed by atoms with van der Waals surface area (Å²) in [5, 5.41) is 16.2. The fourth-order valence-corrected chi connectivity index (χ4v) is 0.461. The molecule has 0 radical (unpaired) electrons. The van der Waals surface area contributed by atoms with E-state index in [-0.39, 0.29) is 0 Å². The maximum absolute atomic E-state index is 9.66. The van der Waals surface area contributed by atoms with Crippen LogP contribution in [-0.2, 0) is 8.89 Å². The molecular formula is C2H6O5Si. The maximum Gasteiger partial charge on any atom is 0.766 e. The first kappa shape index (κ1) is 7.54. The van der Waals surface area contributed by atoms with Gasteiger partial charge < -0.3 is 19.4 Å². The number of hydrogen-bond acceptors (Lipinski definition) is 4. The highest BCUT2D eigenvalue weighted by Crippen LogP contribution is 1.80. The lowest BCUT2D eigenvalue weighted by Crippen LogP contribution is -2.21. The van der Waals surface area contributed by atoms with E-state index in [1.165, 1.54) is 0 Å². The summed E-state index contributed by atoms with van der Waals surface area (Å²) in [4.78, 5) is 7.91. The normalized spacial score (nSPS) is 12.8. The monoisotopic (exact) mass is 138 g/mol. The van der Waals surface area contributed by atoms with Crippen LogP contribution < -0.4 is 0 Å². The molecule has 1 atom stereocenters. The highest BCUT2D eigenvalue weighted by molar-refractivity contribution is 6.24. The quantitative estimate of drug-likeness (QED) is 0.302. The summed E-state index contributed by atoms with van der Waals surface area (Å²) in [6.07, 6.45) is -1.54. The van der Waals surface area contributed by atoms with Gasteiger partial charge in [0.1, 0.15) is 6.61 Å². The van der Waals surface area contributed by atoms with Crippen molar-refractivity contribution in [2.24, 2.45) is 0 Å². The lowest BCUT2D eigenvalue weighted by atomic mass is 10.7. The van der Waals surface area contributed by atoms with Crippen molar-refractivity contribution < 1.29 is 23.9 Å². The topological polar surface area (TPSA) is 87.0 Å². The molecule has 0 aromatic rings. The van der Waals surface area contributed by atoms with E-state index in [1.54, 1.807) is 0 Å². The number of aliphatic hydroxyl groups excluding tert-OH is 2. The lowest BCUT2D eigenvalue weighted by molar-refractivity contribution is -0.0703. The van der Waals surface area contributed by atoms with Gasteiger partial charge in [-0.2, -0.15) is 0 Å². The predicted molar refractivity (Wildman–Crippen MR) is 22.8 cm³/mol. The van der Waals surface area contributed by atoms with Gasteiger partial charge in [0, 0.05) is 0 Å². The highest BCUT2D eigenvalue weighted by Gasteiger charge is 2.09. The second kappa shape index (κ2) is 3.53. The van der Waals surface area contributed by atoms with Crippen molar-refractivity contribution in [1.82, 2.24) is 0 Å². The smallest absolute Gasteiger partial charge is 0.511 e. The Morgan fingerprint density at radius 1 is 1.75 bits per heavy atom. The minimum absolute atomic E-state index is 0.670. The summed E-state index contributed by atoms with van der Waals surface area (Å²) < 4.78 is 13.5. The van der Waals surface area contributed by atoms with Gasteiger partial charge in [-0.1, -0.05) is 0 Å². The molecule has 0 aliphatic rings. The lowest BCUT2D eigenvalue weighted by Gasteiger charge is -2.03. The van der Waals surface area contributed by atoms with E-state index in [0.717, 1.165) is 0 Å². The molecule has 3 N–H and O–H groups in total. The van der Waals surface area contributed by atoms with Gasteiger partial charge >= 0.3 is 9.17 Å². The largest absolute Gasteiger partial charge is 0.766 e. The van der Waals surface area contributed by atoms with Crippen LogP contribution in [0.5, 0.6) is 0 Å². The average molecular weight is 138 g/mol. The van der Waals surface area contributed by atoms with Gasteiger partial charge in [-0.05, 0) is 0 Å². The molecule has 0 fully saturated rings. The number of hydrogen-bond donors (Lipinski definition) is 3. The van der Waals surface area contributed by atoms with Crippen LogP contribution in [0.2, 0.25) is 0 Å². The summed E-state index contributed by atoms with van der Waals surface area (Å²) in [6, 6.07) is 0. The molecule has 1 unspecified atom stereocenters. The van der Waals surface area contributed by atoms with Crippen LogP contribution in [0.4, 0.5) is 0 Å². The Bertz CT molecular complexity index is 82.5. The standard InChI is InChI=1S/C2H6O5Si/c3-1-2(4)7-8(5)6/h2-5H,1H2. The minimum atomic E-state index is -3.11. The van der Waals surface area contributed by atoms with Gasteiger partial charge in [0.2, 0.25) is 6.29 Å². The van der Waals surface area contributed by atoms with E-state index in [4.69, 9.17) is 15.0 Å². The molecule has 8 heavy (non-hydrogen) atoms. The Morgan fingerprint density at radius 3 is 2.38 bits per heavy atom. The summed E-state index contributed by atoms with van der Waals surface area (Å²) >= 11 is 0. The van der Waals surface area contributed by atoms with Crippen molar-refractivity contribution in [3.05, 3.63) is 0 Å². The van der Waals surface area contributed by atoms with E-state index >= 15 is 0 Å². The molecule has 0 spiro atoms. The molecular weight excluding hydrogens is 132 g/mol. The van der Waals surface area contributed by atoms with Crippen LogP contribution in [0.3, 0.4) is 0 Å². The second-order valence-electron chi connectivity index (χ2n) is 1.02. The zero-order valence-corrected chi connectivity index (χ0v) is 4.94. The number of aliphatic hydroxyl groups is 2. The molecule has 0 aromatic heterocycles. The molecule has 0 aromatic carbocycles. The summed E-state index contributed by atoms with van der Waals surface area (Å²) in [6.45, 7) is -0.670. The van der Waals surface area contributed by atoms with Crippen LogP contribution in [0.15, 0.2) is 0 Å². The third kappa shape index (κ3) is 3.72. The molecule has 6 heteroatoms. The van der Waals surface area contributed by atoms with Crippen molar-refractivity contribution in [1.29, 1.82) is 0 Å². The van der Waals surface area contributed by atoms with Crippen molar-refractivity contribution >= 4 is 9.17 Å². The zero-order chi connectivity index (χ0) is 6.57. The van der Waals surface area contributed by atoms with Crippen LogP contribution in [-0.4, -0.2) is 37.1 Å². The highest BCUT2D eigenvalue weighted by atomic mass is 28.3. The maximum atomic E-state index is 9.66. The fraction of sp³-hybridized carbons (Fsp3) is 1.00. The molecule has 0 saturated heterocycles. The van der Waals surface area contributed by atoms with Crippen LogP contribution in [0, 0.1) is 0 Å². The van der Waals surface area contributed by atoms with Gasteiger partial charge in [0.05, 0.1) is 0 Å². The SMILES string of the molecule is O=[Si](O)OC(O)CO. The first-order valence-electron chi connectivity index (χ1n) is 1.85. The summed E-state index contributed by atoms with van der Waals surface area (Å²) in [5.41, 5.74) is 0.